The summed E-state index contributed by atoms with van der Waals surface area (Å²) in [4.78, 5) is 17.4. The molecule has 0 N–H and O–H groups in total. The van der Waals surface area contributed by atoms with Gasteiger partial charge in [-0.05, 0) is 53.4 Å². The Hall–Kier alpha value is -1.80. The van der Waals surface area contributed by atoms with Gasteiger partial charge in [0, 0.05) is 28.9 Å². The molecule has 25 heavy (non-hydrogen) atoms. The van der Waals surface area contributed by atoms with Gasteiger partial charge in [-0.2, -0.15) is 0 Å². The van der Waals surface area contributed by atoms with Gasteiger partial charge in [0.2, 0.25) is 0 Å². The quantitative estimate of drug-likeness (QED) is 0.670. The first-order chi connectivity index (χ1) is 12.0. The molecule has 0 radical (unpaired) electrons. The standard InChI is InChI=1S/C19H21IN2O3/c1-21-8-9-22(16-7-5-4-6-13(16)12-21)19(23)14-10-17(24-2)18(25-3)11-15(14)20/h4-7,10-11H,8-9,12H2,1-3H3. The van der Waals surface area contributed by atoms with Crippen LogP contribution in [0, 0.1) is 3.57 Å². The molecule has 1 aliphatic heterocycles. The largest absolute Gasteiger partial charge is 0.493 e. The van der Waals surface area contributed by atoms with Crippen LogP contribution < -0.4 is 14.4 Å². The first kappa shape index (κ1) is 18.0. The number of rotatable bonds is 3. The van der Waals surface area contributed by atoms with Gasteiger partial charge in [-0.15, -0.1) is 0 Å². The van der Waals surface area contributed by atoms with E-state index < -0.39 is 0 Å². The Bertz CT molecular complexity index is 794. The fraction of sp³-hybridized carbons (Fsp3) is 0.316. The van der Waals surface area contributed by atoms with Crippen molar-refractivity contribution < 1.29 is 14.3 Å². The highest BCUT2D eigenvalue weighted by Crippen LogP contribution is 2.33. The van der Waals surface area contributed by atoms with E-state index >= 15 is 0 Å². The Morgan fingerprint density at radius 1 is 1.08 bits per heavy atom. The third-order valence-electron chi connectivity index (χ3n) is 4.38. The predicted molar refractivity (Wildman–Crippen MR) is 107 cm³/mol. The number of ether oxygens (including phenoxy) is 2. The van der Waals surface area contributed by atoms with Crippen molar-refractivity contribution >= 4 is 34.2 Å². The van der Waals surface area contributed by atoms with Crippen LogP contribution in [0.25, 0.3) is 0 Å². The van der Waals surface area contributed by atoms with Crippen molar-refractivity contribution in [3.05, 3.63) is 51.1 Å². The van der Waals surface area contributed by atoms with Gasteiger partial charge in [0.15, 0.2) is 11.5 Å². The van der Waals surface area contributed by atoms with Crippen molar-refractivity contribution in [3.8, 4) is 11.5 Å². The normalized spacial score (nSPS) is 14.6. The van der Waals surface area contributed by atoms with Gasteiger partial charge >= 0.3 is 0 Å². The summed E-state index contributed by atoms with van der Waals surface area (Å²) in [5.74, 6) is 1.17. The minimum Gasteiger partial charge on any atom is -0.493 e. The lowest BCUT2D eigenvalue weighted by Gasteiger charge is -2.24. The smallest absolute Gasteiger partial charge is 0.259 e. The van der Waals surface area contributed by atoms with Crippen LogP contribution in [-0.2, 0) is 6.54 Å². The van der Waals surface area contributed by atoms with E-state index in [2.05, 4.69) is 40.6 Å². The number of likely N-dealkylation sites (N-methyl/N-ethyl adjacent to an activating group) is 1. The van der Waals surface area contributed by atoms with E-state index in [1.54, 1.807) is 20.3 Å². The second kappa shape index (κ2) is 7.61. The topological polar surface area (TPSA) is 42.0 Å². The Labute approximate surface area is 161 Å². The van der Waals surface area contributed by atoms with Gasteiger partial charge < -0.3 is 19.3 Å². The Morgan fingerprint density at radius 3 is 2.48 bits per heavy atom. The van der Waals surface area contributed by atoms with Crippen LogP contribution in [0.2, 0.25) is 0 Å². The highest BCUT2D eigenvalue weighted by molar-refractivity contribution is 14.1. The number of methoxy groups -OCH3 is 2. The summed E-state index contributed by atoms with van der Waals surface area (Å²) in [6.45, 7) is 2.31. The molecule has 0 bridgehead atoms. The van der Waals surface area contributed by atoms with Crippen LogP contribution in [0.3, 0.4) is 0 Å². The average Bonchev–Trinajstić information content (AvgIpc) is 2.79. The number of benzene rings is 2. The van der Waals surface area contributed by atoms with Gasteiger partial charge in [0.25, 0.3) is 5.91 Å². The van der Waals surface area contributed by atoms with Crippen molar-refractivity contribution in [1.82, 2.24) is 4.90 Å². The highest BCUT2D eigenvalue weighted by atomic mass is 127. The minimum atomic E-state index is -0.0203. The number of carbonyl (C=O) groups excluding carboxylic acids is 1. The first-order valence-electron chi connectivity index (χ1n) is 8.05. The predicted octanol–water partition coefficient (Wildman–Crippen LogP) is 3.40. The summed E-state index contributed by atoms with van der Waals surface area (Å²) in [6, 6.07) is 11.7. The van der Waals surface area contributed by atoms with E-state index in [9.17, 15) is 4.79 Å². The first-order valence-corrected chi connectivity index (χ1v) is 9.13. The molecular weight excluding hydrogens is 431 g/mol. The lowest BCUT2D eigenvalue weighted by atomic mass is 10.1. The van der Waals surface area contributed by atoms with Crippen LogP contribution >= 0.6 is 22.6 Å². The van der Waals surface area contributed by atoms with Gasteiger partial charge in [-0.1, -0.05) is 18.2 Å². The Balaban J connectivity index is 2.04. The molecule has 0 aromatic heterocycles. The molecule has 0 atom stereocenters. The molecule has 1 heterocycles. The van der Waals surface area contributed by atoms with Gasteiger partial charge in [0.1, 0.15) is 0 Å². The number of carbonyl (C=O) groups is 1. The second-order valence-electron chi connectivity index (χ2n) is 6.01. The number of fused-ring (bicyclic) bond motifs is 1. The SMILES string of the molecule is COc1cc(I)c(C(=O)N2CCN(C)Cc3ccccc32)cc1OC. The summed E-state index contributed by atoms with van der Waals surface area (Å²) in [5.41, 5.74) is 2.76. The van der Waals surface area contributed by atoms with Gasteiger partial charge in [0.05, 0.1) is 19.8 Å². The molecule has 2 aromatic carbocycles. The number of anilines is 1. The number of nitrogens with zero attached hydrogens (tertiary/aromatic N) is 2. The van der Waals surface area contributed by atoms with Crippen molar-refractivity contribution in [2.24, 2.45) is 0 Å². The molecule has 132 valence electrons. The molecule has 0 saturated carbocycles. The van der Waals surface area contributed by atoms with Crippen molar-refractivity contribution in [3.63, 3.8) is 0 Å². The van der Waals surface area contributed by atoms with Crippen LogP contribution in [0.4, 0.5) is 5.69 Å². The number of halogens is 1. The van der Waals surface area contributed by atoms with Gasteiger partial charge in [-0.25, -0.2) is 0 Å². The molecule has 1 amide bonds. The maximum Gasteiger partial charge on any atom is 0.259 e. The second-order valence-corrected chi connectivity index (χ2v) is 7.17. The molecule has 0 saturated heterocycles. The van der Waals surface area contributed by atoms with E-state index in [1.807, 2.05) is 29.2 Å². The number of hydrogen-bond acceptors (Lipinski definition) is 4. The molecule has 6 heteroatoms. The Kier molecular flexibility index (Phi) is 5.48. The number of amides is 1. The minimum absolute atomic E-state index is 0.0203. The molecule has 0 spiro atoms. The molecular formula is C19H21IN2O3. The fourth-order valence-electron chi connectivity index (χ4n) is 3.04. The van der Waals surface area contributed by atoms with E-state index in [4.69, 9.17) is 9.47 Å². The molecule has 0 aliphatic carbocycles. The summed E-state index contributed by atoms with van der Waals surface area (Å²) in [7, 11) is 5.25. The zero-order valence-corrected chi connectivity index (χ0v) is 16.7. The van der Waals surface area contributed by atoms with Crippen LogP contribution in [-0.4, -0.2) is 45.2 Å². The zero-order chi connectivity index (χ0) is 18.0. The van der Waals surface area contributed by atoms with Crippen LogP contribution in [0.5, 0.6) is 11.5 Å². The number of para-hydroxylation sites is 1. The lowest BCUT2D eigenvalue weighted by Crippen LogP contribution is -2.35. The maximum atomic E-state index is 13.3. The van der Waals surface area contributed by atoms with Crippen molar-refractivity contribution in [2.45, 2.75) is 6.54 Å². The van der Waals surface area contributed by atoms with E-state index in [1.165, 1.54) is 0 Å². The lowest BCUT2D eigenvalue weighted by molar-refractivity contribution is 0.0984. The number of hydrogen-bond donors (Lipinski definition) is 0. The summed E-state index contributed by atoms with van der Waals surface area (Å²) in [5, 5.41) is 0. The highest BCUT2D eigenvalue weighted by Gasteiger charge is 2.26. The molecule has 3 rings (SSSR count). The third-order valence-corrected chi connectivity index (χ3v) is 5.27. The summed E-state index contributed by atoms with van der Waals surface area (Å²) in [6.07, 6.45) is 0. The molecule has 0 fully saturated rings. The molecule has 1 aliphatic rings. The zero-order valence-electron chi connectivity index (χ0n) is 14.6. The van der Waals surface area contributed by atoms with E-state index in [0.29, 0.717) is 23.6 Å². The van der Waals surface area contributed by atoms with E-state index in [0.717, 1.165) is 27.9 Å². The maximum absolute atomic E-state index is 13.3. The van der Waals surface area contributed by atoms with Crippen molar-refractivity contribution in [1.29, 1.82) is 0 Å². The Morgan fingerprint density at radius 2 is 1.76 bits per heavy atom. The van der Waals surface area contributed by atoms with E-state index in [-0.39, 0.29) is 5.91 Å². The van der Waals surface area contributed by atoms with Crippen LogP contribution in [0.15, 0.2) is 36.4 Å². The fourth-order valence-corrected chi connectivity index (χ4v) is 3.71. The average molecular weight is 452 g/mol. The summed E-state index contributed by atoms with van der Waals surface area (Å²) < 4.78 is 11.5. The molecule has 2 aromatic rings. The molecule has 5 nitrogen and oxygen atoms in total. The summed E-state index contributed by atoms with van der Waals surface area (Å²) >= 11 is 2.17. The third kappa shape index (κ3) is 3.59. The molecule has 0 unspecified atom stereocenters. The van der Waals surface area contributed by atoms with Gasteiger partial charge in [-0.3, -0.25) is 4.79 Å². The van der Waals surface area contributed by atoms with Crippen LogP contribution in [0.1, 0.15) is 15.9 Å². The van der Waals surface area contributed by atoms with Crippen molar-refractivity contribution in [2.75, 3.05) is 39.3 Å². The monoisotopic (exact) mass is 452 g/mol.